The highest BCUT2D eigenvalue weighted by Crippen LogP contribution is 2.31. The molecule has 1 atom stereocenters. The second-order valence-electron chi connectivity index (χ2n) is 5.33. The number of nitrogens with one attached hydrogen (secondary N) is 1. The Bertz CT molecular complexity index is 513. The van der Waals surface area contributed by atoms with Crippen LogP contribution in [0.2, 0.25) is 0 Å². The zero-order valence-corrected chi connectivity index (χ0v) is 12.9. The molecular weight excluding hydrogens is 319 g/mol. The van der Waals surface area contributed by atoms with Gasteiger partial charge in [0.2, 0.25) is 0 Å². The van der Waals surface area contributed by atoms with Gasteiger partial charge in [0.05, 0.1) is 17.7 Å². The number of aryl methyl sites for hydroxylation is 1. The van der Waals surface area contributed by atoms with Crippen molar-refractivity contribution in [3.05, 3.63) is 16.1 Å². The van der Waals surface area contributed by atoms with Gasteiger partial charge in [-0.1, -0.05) is 0 Å². The van der Waals surface area contributed by atoms with E-state index in [0.29, 0.717) is 6.54 Å². The van der Waals surface area contributed by atoms with Crippen LogP contribution in [0.3, 0.4) is 0 Å². The number of halogens is 3. The first-order valence-electron chi connectivity index (χ1n) is 6.95. The maximum absolute atomic E-state index is 12.5. The van der Waals surface area contributed by atoms with E-state index < -0.39 is 18.2 Å². The molecule has 5 nitrogen and oxygen atoms in total. The Labute approximate surface area is 130 Å². The van der Waals surface area contributed by atoms with Gasteiger partial charge in [0.15, 0.2) is 6.10 Å². The van der Waals surface area contributed by atoms with Crippen LogP contribution in [-0.2, 0) is 6.54 Å². The third kappa shape index (κ3) is 4.10. The zero-order chi connectivity index (χ0) is 16.3. The Hall–Kier alpha value is -1.35. The van der Waals surface area contributed by atoms with Crippen LogP contribution in [0, 0.1) is 12.8 Å². The first-order valence-corrected chi connectivity index (χ1v) is 7.83. The van der Waals surface area contributed by atoms with Gasteiger partial charge >= 0.3 is 12.2 Å². The minimum atomic E-state index is -4.60. The van der Waals surface area contributed by atoms with Crippen molar-refractivity contribution < 1.29 is 23.1 Å². The molecule has 0 spiro atoms. The van der Waals surface area contributed by atoms with Gasteiger partial charge in [0.1, 0.15) is 0 Å². The summed E-state index contributed by atoms with van der Waals surface area (Å²) in [6, 6.07) is -0.298. The van der Waals surface area contributed by atoms with Gasteiger partial charge < -0.3 is 15.3 Å². The molecule has 1 aromatic rings. The molecule has 0 aliphatic carbocycles. The molecule has 0 unspecified atom stereocenters. The number of aromatic nitrogens is 1. The minimum absolute atomic E-state index is 0.147. The lowest BCUT2D eigenvalue weighted by molar-refractivity contribution is -0.222. The number of rotatable bonds is 3. The van der Waals surface area contributed by atoms with Gasteiger partial charge in [-0.05, 0) is 25.7 Å². The monoisotopic (exact) mass is 337 g/mol. The van der Waals surface area contributed by atoms with Crippen LogP contribution < -0.4 is 5.32 Å². The van der Waals surface area contributed by atoms with E-state index >= 15 is 0 Å². The molecule has 2 amide bonds. The summed E-state index contributed by atoms with van der Waals surface area (Å²) < 4.78 is 37.4. The predicted octanol–water partition coefficient (Wildman–Crippen LogP) is 2.30. The van der Waals surface area contributed by atoms with Crippen molar-refractivity contribution >= 4 is 17.4 Å². The van der Waals surface area contributed by atoms with Gasteiger partial charge in [-0.2, -0.15) is 13.2 Å². The number of aliphatic hydroxyl groups excluding tert-OH is 1. The van der Waals surface area contributed by atoms with Crippen molar-refractivity contribution in [1.29, 1.82) is 0 Å². The molecule has 124 valence electrons. The van der Waals surface area contributed by atoms with Gasteiger partial charge in [0.25, 0.3) is 0 Å². The standard InChI is InChI=1S/C13H18F3N3O2S/c1-8-10(22-7-18-8)6-17-12(21)19-4-2-9(3-5-19)11(20)13(14,15)16/h7,9,11,20H,2-6H2,1H3,(H,17,21)/t11-/m0/s1. The normalized spacial score (nSPS) is 18.3. The number of likely N-dealkylation sites (tertiary alicyclic amines) is 1. The maximum Gasteiger partial charge on any atom is 0.414 e. The molecule has 9 heteroatoms. The fourth-order valence-electron chi connectivity index (χ4n) is 2.45. The summed E-state index contributed by atoms with van der Waals surface area (Å²) in [6.45, 7) is 2.64. The third-order valence-corrected chi connectivity index (χ3v) is 4.79. The van der Waals surface area contributed by atoms with E-state index in [1.165, 1.54) is 16.2 Å². The van der Waals surface area contributed by atoms with Crippen LogP contribution in [-0.4, -0.2) is 46.4 Å². The number of nitrogens with zero attached hydrogens (tertiary/aromatic N) is 2. The average molecular weight is 337 g/mol. The molecule has 0 aromatic carbocycles. The summed E-state index contributed by atoms with van der Waals surface area (Å²) in [5.41, 5.74) is 2.55. The Kier molecular flexibility index (Phi) is 5.28. The van der Waals surface area contributed by atoms with E-state index in [9.17, 15) is 23.1 Å². The van der Waals surface area contributed by atoms with Crippen molar-refractivity contribution in [3.63, 3.8) is 0 Å². The molecule has 1 aliphatic rings. The molecule has 2 rings (SSSR count). The average Bonchev–Trinajstić information content (AvgIpc) is 2.88. The number of aliphatic hydroxyl groups is 1. The lowest BCUT2D eigenvalue weighted by Crippen LogP contribution is -2.48. The molecule has 1 aromatic heterocycles. The van der Waals surface area contributed by atoms with Crippen LogP contribution in [0.5, 0.6) is 0 Å². The maximum atomic E-state index is 12.5. The third-order valence-electron chi connectivity index (χ3n) is 3.85. The molecule has 2 N–H and O–H groups in total. The van der Waals surface area contributed by atoms with E-state index in [0.717, 1.165) is 10.6 Å². The Morgan fingerprint density at radius 1 is 1.55 bits per heavy atom. The zero-order valence-electron chi connectivity index (χ0n) is 12.1. The Balaban J connectivity index is 1.79. The largest absolute Gasteiger partial charge is 0.414 e. The molecule has 0 radical (unpaired) electrons. The fourth-order valence-corrected chi connectivity index (χ4v) is 3.17. The van der Waals surface area contributed by atoms with E-state index in [-0.39, 0.29) is 32.0 Å². The van der Waals surface area contributed by atoms with E-state index in [2.05, 4.69) is 10.3 Å². The molecular formula is C13H18F3N3O2S. The smallest absolute Gasteiger partial charge is 0.383 e. The summed E-state index contributed by atoms with van der Waals surface area (Å²) in [5.74, 6) is -0.840. The van der Waals surface area contributed by atoms with Crippen LogP contribution in [0.1, 0.15) is 23.4 Å². The van der Waals surface area contributed by atoms with Gasteiger partial charge in [-0.15, -0.1) is 11.3 Å². The highest BCUT2D eigenvalue weighted by molar-refractivity contribution is 7.09. The molecule has 1 saturated heterocycles. The number of alkyl halides is 3. The molecule has 0 saturated carbocycles. The molecule has 0 bridgehead atoms. The number of carbonyl (C=O) groups excluding carboxylic acids is 1. The predicted molar refractivity (Wildman–Crippen MR) is 75.4 cm³/mol. The Morgan fingerprint density at radius 3 is 2.68 bits per heavy atom. The SMILES string of the molecule is Cc1ncsc1CNC(=O)N1CCC([C@H](O)C(F)(F)F)CC1. The first kappa shape index (κ1) is 17.0. The Morgan fingerprint density at radius 2 is 2.18 bits per heavy atom. The molecule has 2 heterocycles. The topological polar surface area (TPSA) is 65.5 Å². The highest BCUT2D eigenvalue weighted by Gasteiger charge is 2.44. The van der Waals surface area contributed by atoms with E-state index in [1.54, 1.807) is 5.51 Å². The number of urea groups is 1. The van der Waals surface area contributed by atoms with Crippen molar-refractivity contribution in [2.45, 2.75) is 38.6 Å². The van der Waals surface area contributed by atoms with Gasteiger partial charge in [0, 0.05) is 18.0 Å². The van der Waals surface area contributed by atoms with E-state index in [4.69, 9.17) is 0 Å². The van der Waals surface area contributed by atoms with Crippen LogP contribution in [0.25, 0.3) is 0 Å². The highest BCUT2D eigenvalue weighted by atomic mass is 32.1. The fraction of sp³-hybridized carbons (Fsp3) is 0.692. The number of hydrogen-bond donors (Lipinski definition) is 2. The number of thiazole rings is 1. The van der Waals surface area contributed by atoms with Crippen molar-refractivity contribution in [1.82, 2.24) is 15.2 Å². The number of carbonyl (C=O) groups is 1. The van der Waals surface area contributed by atoms with Crippen molar-refractivity contribution in [2.75, 3.05) is 13.1 Å². The lowest BCUT2D eigenvalue weighted by atomic mass is 9.91. The first-order chi connectivity index (χ1) is 10.3. The number of amides is 2. The summed E-state index contributed by atoms with van der Waals surface area (Å²) in [4.78, 5) is 18.5. The molecule has 1 fully saturated rings. The van der Waals surface area contributed by atoms with Crippen LogP contribution >= 0.6 is 11.3 Å². The number of hydrogen-bond acceptors (Lipinski definition) is 4. The van der Waals surface area contributed by atoms with E-state index in [1.807, 2.05) is 6.92 Å². The quantitative estimate of drug-likeness (QED) is 0.889. The summed E-state index contributed by atoms with van der Waals surface area (Å²) in [6.07, 6.45) is -6.61. The van der Waals surface area contributed by atoms with Crippen molar-refractivity contribution in [2.24, 2.45) is 5.92 Å². The second kappa shape index (κ2) is 6.82. The summed E-state index contributed by atoms with van der Waals surface area (Å²) in [5, 5.41) is 12.0. The van der Waals surface area contributed by atoms with Crippen LogP contribution in [0.4, 0.5) is 18.0 Å². The molecule has 22 heavy (non-hydrogen) atoms. The van der Waals surface area contributed by atoms with Gasteiger partial charge in [-0.3, -0.25) is 0 Å². The summed E-state index contributed by atoms with van der Waals surface area (Å²) >= 11 is 1.44. The lowest BCUT2D eigenvalue weighted by Gasteiger charge is -2.34. The van der Waals surface area contributed by atoms with Crippen LogP contribution in [0.15, 0.2) is 5.51 Å². The molecule has 1 aliphatic heterocycles. The van der Waals surface area contributed by atoms with Crippen molar-refractivity contribution in [3.8, 4) is 0 Å². The second-order valence-corrected chi connectivity index (χ2v) is 6.27. The minimum Gasteiger partial charge on any atom is -0.383 e. The number of piperidine rings is 1. The summed E-state index contributed by atoms with van der Waals surface area (Å²) in [7, 11) is 0. The van der Waals surface area contributed by atoms with Gasteiger partial charge in [-0.25, -0.2) is 9.78 Å².